The molecule has 0 atom stereocenters. The monoisotopic (exact) mass is 882 g/mol. The molecule has 10 rings (SSSR count). The average Bonchev–Trinajstić information content (AvgIpc) is 3.82. The first-order chi connectivity index (χ1) is 25.3. The Balaban J connectivity index is 0.000000262. The maximum absolute atomic E-state index is 6.69. The van der Waals surface area contributed by atoms with Crippen molar-refractivity contribution in [2.75, 3.05) is 0 Å². The number of benzene rings is 5. The summed E-state index contributed by atoms with van der Waals surface area (Å²) in [5.41, 5.74) is 10.7. The standard InChI is InChI=1S/C36H31N2OSi.C11H8N.Ir/c1-21(2)17-22-18-29(37-20-32(22)40(3,4)5)28-19-27-25-14-10-13-24-23-11-6-8-15-30(23)38(34(24)25)35(27)33-26-12-7-9-16-31(26)39-36(28)33;1-2-6-10(7-3-1)11-8-4-5-9-12-11;/h6-16,18,20-21H,17H2,1-5H3;1-6,8-9H;/q2*-1;. The molecule has 0 N–H and O–H groups in total. The molecule has 263 valence electrons. The van der Waals surface area contributed by atoms with Gasteiger partial charge in [-0.2, -0.15) is 0 Å². The molecule has 0 unspecified atom stereocenters. The van der Waals surface area contributed by atoms with Crippen molar-refractivity contribution in [3.63, 3.8) is 0 Å². The summed E-state index contributed by atoms with van der Waals surface area (Å²) in [6.45, 7) is 11.8. The number of aromatic nitrogens is 3. The minimum atomic E-state index is -1.56. The molecule has 53 heavy (non-hydrogen) atoms. The number of nitrogens with zero attached hydrogens (tertiary/aromatic N) is 3. The zero-order chi connectivity index (χ0) is 35.6. The van der Waals surface area contributed by atoms with E-state index >= 15 is 0 Å². The molecule has 0 saturated carbocycles. The molecule has 0 aliphatic rings. The van der Waals surface area contributed by atoms with E-state index in [2.05, 4.69) is 128 Å². The summed E-state index contributed by atoms with van der Waals surface area (Å²) in [4.78, 5) is 9.32. The van der Waals surface area contributed by atoms with Gasteiger partial charge in [-0.1, -0.05) is 128 Å². The van der Waals surface area contributed by atoms with Crippen LogP contribution in [-0.2, 0) is 26.5 Å². The molecule has 0 aliphatic heterocycles. The van der Waals surface area contributed by atoms with Crippen molar-refractivity contribution in [2.45, 2.75) is 39.9 Å². The molecule has 0 saturated heterocycles. The van der Waals surface area contributed by atoms with E-state index in [9.17, 15) is 0 Å². The van der Waals surface area contributed by atoms with Crippen LogP contribution in [-0.4, -0.2) is 22.4 Å². The Morgan fingerprint density at radius 3 is 2.23 bits per heavy atom. The molecular weight excluding hydrogens is 843 g/mol. The summed E-state index contributed by atoms with van der Waals surface area (Å²) >= 11 is 0. The minimum Gasteiger partial charge on any atom is -0.491 e. The van der Waals surface area contributed by atoms with Crippen molar-refractivity contribution in [1.29, 1.82) is 0 Å². The van der Waals surface area contributed by atoms with Gasteiger partial charge in [0.05, 0.1) is 13.7 Å². The van der Waals surface area contributed by atoms with Gasteiger partial charge in [-0.25, -0.2) is 0 Å². The zero-order valence-corrected chi connectivity index (χ0v) is 33.9. The van der Waals surface area contributed by atoms with Gasteiger partial charge in [0, 0.05) is 65.4 Å². The third kappa shape index (κ3) is 5.95. The molecule has 5 aromatic heterocycles. The first kappa shape index (κ1) is 34.9. The molecule has 0 amide bonds. The molecule has 0 spiro atoms. The van der Waals surface area contributed by atoms with Crippen molar-refractivity contribution in [1.82, 2.24) is 14.4 Å². The fourth-order valence-electron chi connectivity index (χ4n) is 7.87. The average molecular weight is 882 g/mol. The Hall–Kier alpha value is -5.13. The third-order valence-electron chi connectivity index (χ3n) is 10.1. The fourth-order valence-corrected chi connectivity index (χ4v) is 9.46. The molecule has 5 aromatic carbocycles. The number of hydrogen-bond acceptors (Lipinski definition) is 3. The van der Waals surface area contributed by atoms with Gasteiger partial charge in [0.1, 0.15) is 5.58 Å². The predicted octanol–water partition coefficient (Wildman–Crippen LogP) is 11.9. The van der Waals surface area contributed by atoms with E-state index in [4.69, 9.17) is 9.40 Å². The Morgan fingerprint density at radius 1 is 0.736 bits per heavy atom. The first-order valence-electron chi connectivity index (χ1n) is 18.1. The van der Waals surface area contributed by atoms with E-state index in [1.807, 2.05) is 48.5 Å². The molecular formula is C47H39IrN3OSi-2. The van der Waals surface area contributed by atoms with Gasteiger partial charge in [-0.3, -0.25) is 4.98 Å². The van der Waals surface area contributed by atoms with E-state index in [0.29, 0.717) is 5.92 Å². The predicted molar refractivity (Wildman–Crippen MR) is 220 cm³/mol. The van der Waals surface area contributed by atoms with Crippen LogP contribution in [0.1, 0.15) is 19.4 Å². The molecule has 0 fully saturated rings. The summed E-state index contributed by atoms with van der Waals surface area (Å²) in [7, 11) is -1.56. The van der Waals surface area contributed by atoms with Crippen LogP contribution < -0.4 is 5.19 Å². The second-order valence-corrected chi connectivity index (χ2v) is 20.2. The van der Waals surface area contributed by atoms with Crippen LogP contribution in [0.5, 0.6) is 0 Å². The van der Waals surface area contributed by atoms with Gasteiger partial charge in [0.2, 0.25) is 0 Å². The summed E-state index contributed by atoms with van der Waals surface area (Å²) in [5, 5.41) is 8.61. The van der Waals surface area contributed by atoms with Crippen molar-refractivity contribution in [3.8, 4) is 22.5 Å². The molecule has 10 aromatic rings. The third-order valence-corrected chi connectivity index (χ3v) is 12.1. The maximum Gasteiger partial charge on any atom is 0.123 e. The topological polar surface area (TPSA) is 43.3 Å². The van der Waals surface area contributed by atoms with E-state index in [1.54, 1.807) is 6.20 Å². The van der Waals surface area contributed by atoms with Gasteiger partial charge < -0.3 is 13.8 Å². The van der Waals surface area contributed by atoms with E-state index in [1.165, 1.54) is 37.9 Å². The van der Waals surface area contributed by atoms with Gasteiger partial charge in [0.15, 0.2) is 0 Å². The minimum absolute atomic E-state index is 0. The Morgan fingerprint density at radius 2 is 1.47 bits per heavy atom. The smallest absolute Gasteiger partial charge is 0.123 e. The summed E-state index contributed by atoms with van der Waals surface area (Å²) in [6, 6.07) is 46.8. The normalized spacial score (nSPS) is 12.0. The maximum atomic E-state index is 6.69. The SMILES string of the molecule is CC(C)Cc1cc(-c2[c-]c3c4cccc5c6ccccc6n(c45)c3c3c2oc2ccccc23)ncc1[Si](C)(C)C.[Ir].[c-]1ccccc1-c1ccccn1. The van der Waals surface area contributed by atoms with Crippen molar-refractivity contribution >= 4 is 73.3 Å². The van der Waals surface area contributed by atoms with Crippen molar-refractivity contribution in [3.05, 3.63) is 145 Å². The number of furan rings is 1. The van der Waals surface area contributed by atoms with Crippen LogP contribution >= 0.6 is 0 Å². The first-order valence-corrected chi connectivity index (χ1v) is 21.6. The summed E-state index contributed by atoms with van der Waals surface area (Å²) < 4.78 is 9.13. The number of para-hydroxylation sites is 3. The largest absolute Gasteiger partial charge is 0.491 e. The molecule has 6 heteroatoms. The van der Waals surface area contributed by atoms with Crippen molar-refractivity contribution in [2.24, 2.45) is 5.92 Å². The van der Waals surface area contributed by atoms with Crippen LogP contribution in [0.4, 0.5) is 0 Å². The molecule has 0 aliphatic carbocycles. The molecule has 1 radical (unpaired) electrons. The van der Waals surface area contributed by atoms with E-state index < -0.39 is 8.07 Å². The number of hydrogen-bond donors (Lipinski definition) is 0. The van der Waals surface area contributed by atoms with Crippen LogP contribution in [0.3, 0.4) is 0 Å². The Kier molecular flexibility index (Phi) is 9.02. The second-order valence-electron chi connectivity index (χ2n) is 15.1. The zero-order valence-electron chi connectivity index (χ0n) is 30.5. The molecule has 0 bridgehead atoms. The van der Waals surface area contributed by atoms with Gasteiger partial charge in [-0.05, 0) is 52.3 Å². The Labute approximate surface area is 324 Å². The molecule has 4 nitrogen and oxygen atoms in total. The Bertz CT molecular complexity index is 2850. The van der Waals surface area contributed by atoms with Crippen LogP contribution in [0, 0.1) is 18.1 Å². The van der Waals surface area contributed by atoms with E-state index in [0.717, 1.165) is 61.8 Å². The number of pyridine rings is 2. The quantitative estimate of drug-likeness (QED) is 0.128. The fraction of sp³-hybridized carbons (Fsp3) is 0.149. The van der Waals surface area contributed by atoms with Crippen LogP contribution in [0.2, 0.25) is 19.6 Å². The van der Waals surface area contributed by atoms with Crippen LogP contribution in [0.15, 0.2) is 132 Å². The number of fused-ring (bicyclic) bond motifs is 10. The van der Waals surface area contributed by atoms with Gasteiger partial charge in [-0.15, -0.1) is 42.0 Å². The van der Waals surface area contributed by atoms with Gasteiger partial charge >= 0.3 is 0 Å². The molecule has 5 heterocycles. The van der Waals surface area contributed by atoms with Crippen molar-refractivity contribution < 1.29 is 24.5 Å². The van der Waals surface area contributed by atoms with Gasteiger partial charge in [0.25, 0.3) is 0 Å². The van der Waals surface area contributed by atoms with E-state index in [-0.39, 0.29) is 20.1 Å². The summed E-state index contributed by atoms with van der Waals surface area (Å²) in [6.07, 6.45) is 4.98. The second kappa shape index (κ2) is 13.7. The number of rotatable bonds is 5. The van der Waals surface area contributed by atoms with Crippen LogP contribution in [0.25, 0.3) is 82.5 Å². The summed E-state index contributed by atoms with van der Waals surface area (Å²) in [5.74, 6) is 0.567.